The topological polar surface area (TPSA) is 109 Å². The minimum Gasteiger partial charge on any atom is -0.508 e. The highest BCUT2D eigenvalue weighted by atomic mass is 16.5. The van der Waals surface area contributed by atoms with Crippen LogP contribution in [0.5, 0.6) is 11.5 Å². The molecule has 2 aliphatic carbocycles. The molecule has 4 aliphatic rings. The van der Waals surface area contributed by atoms with Crippen molar-refractivity contribution in [3.8, 4) is 11.5 Å². The maximum atomic E-state index is 11.9. The standard InChI is InChI=1S/C27H37NO3.C19H23NO3.C8H16O/c1-3-20-6-10-25(11-7-20)31-26-12-9-23-17-21(5-8-24(23)18-26)19-28-15-13-22(14-16-28)27(29)30-4-2;1-2-23-19(22)15-7-9-20(10-8-15)13-14-3-4-17-12-18(21)6-5-16(17)11-14;1-2-7-3-5-8(9)6-4-7/h5,8-9,12,17-18,20,22,25H,3-4,6-7,10-11,13-16,19H2,1-2H3;3-6,11-12,15,21H,2,7-10,13H2,1H3;7-9H,2-6H2,1H3. The molecule has 8 rings (SSSR count). The van der Waals surface area contributed by atoms with Crippen LogP contribution in [0.1, 0.15) is 129 Å². The van der Waals surface area contributed by atoms with Crippen LogP contribution < -0.4 is 4.74 Å². The smallest absolute Gasteiger partial charge is 0.309 e. The van der Waals surface area contributed by atoms with Gasteiger partial charge in [0.25, 0.3) is 0 Å². The summed E-state index contributed by atoms with van der Waals surface area (Å²) in [6.07, 6.45) is 16.1. The second kappa shape index (κ2) is 24.8. The van der Waals surface area contributed by atoms with Gasteiger partial charge in [0.1, 0.15) is 11.5 Å². The van der Waals surface area contributed by atoms with Crippen LogP contribution in [0.4, 0.5) is 0 Å². The molecule has 0 radical (unpaired) electrons. The normalized spacial score (nSPS) is 22.6. The van der Waals surface area contributed by atoms with Crippen molar-refractivity contribution in [2.75, 3.05) is 39.4 Å². The number of fused-ring (bicyclic) bond motifs is 2. The predicted octanol–water partition coefficient (Wildman–Crippen LogP) is 11.2. The van der Waals surface area contributed by atoms with Gasteiger partial charge in [-0.2, -0.15) is 0 Å². The minimum atomic E-state index is -0.0438. The number of hydrogen-bond acceptors (Lipinski definition) is 9. The van der Waals surface area contributed by atoms with Crippen LogP contribution in [0.2, 0.25) is 0 Å². The molecule has 2 aliphatic heterocycles. The van der Waals surface area contributed by atoms with Crippen LogP contribution in [0.25, 0.3) is 21.5 Å². The first-order chi connectivity index (χ1) is 30.6. The SMILES string of the molecule is CCC1CCC(O)CC1.CCOC(=O)C1CCN(Cc2ccc3cc(O)ccc3c2)CC1.CCOC(=O)C1CCN(Cc2ccc3cc(OC4CCC(CC)CC4)ccc3c2)CC1. The number of likely N-dealkylation sites (tertiary alicyclic amines) is 2. The number of rotatable bonds is 12. The van der Waals surface area contributed by atoms with Crippen molar-refractivity contribution in [3.05, 3.63) is 83.9 Å². The van der Waals surface area contributed by atoms with Crippen molar-refractivity contribution in [2.24, 2.45) is 23.7 Å². The lowest BCUT2D eigenvalue weighted by Crippen LogP contribution is -2.36. The Balaban J connectivity index is 0.000000180. The molecule has 9 heteroatoms. The number of aliphatic hydroxyl groups excluding tert-OH is 1. The summed E-state index contributed by atoms with van der Waals surface area (Å²) in [4.78, 5) is 28.5. The monoisotopic (exact) mass is 865 g/mol. The number of benzene rings is 4. The molecule has 0 spiro atoms. The Morgan fingerprint density at radius 3 is 1.44 bits per heavy atom. The van der Waals surface area contributed by atoms with Crippen molar-refractivity contribution >= 4 is 33.5 Å². The van der Waals surface area contributed by atoms with Gasteiger partial charge in [-0.15, -0.1) is 0 Å². The van der Waals surface area contributed by atoms with E-state index < -0.39 is 0 Å². The van der Waals surface area contributed by atoms with Gasteiger partial charge in [-0.1, -0.05) is 63.1 Å². The molecule has 4 fully saturated rings. The number of esters is 2. The molecule has 63 heavy (non-hydrogen) atoms. The molecule has 0 bridgehead atoms. The van der Waals surface area contributed by atoms with Gasteiger partial charge in [0, 0.05) is 13.1 Å². The summed E-state index contributed by atoms with van der Waals surface area (Å²) in [5.74, 6) is 3.17. The molecule has 2 saturated heterocycles. The van der Waals surface area contributed by atoms with Gasteiger partial charge >= 0.3 is 11.9 Å². The average Bonchev–Trinajstić information content (AvgIpc) is 3.31. The van der Waals surface area contributed by atoms with E-state index in [0.29, 0.717) is 25.1 Å². The highest BCUT2D eigenvalue weighted by Crippen LogP contribution is 2.32. The van der Waals surface area contributed by atoms with E-state index >= 15 is 0 Å². The zero-order valence-corrected chi connectivity index (χ0v) is 38.8. The van der Waals surface area contributed by atoms with Crippen LogP contribution in [-0.2, 0) is 32.2 Å². The third kappa shape index (κ3) is 14.9. The molecule has 344 valence electrons. The van der Waals surface area contributed by atoms with E-state index in [4.69, 9.17) is 19.3 Å². The summed E-state index contributed by atoms with van der Waals surface area (Å²) in [5, 5.41) is 23.3. The van der Waals surface area contributed by atoms with Crippen molar-refractivity contribution < 1.29 is 34.0 Å². The van der Waals surface area contributed by atoms with Gasteiger partial charge in [0.15, 0.2) is 0 Å². The van der Waals surface area contributed by atoms with E-state index in [1.54, 1.807) is 12.1 Å². The summed E-state index contributed by atoms with van der Waals surface area (Å²) in [7, 11) is 0. The summed E-state index contributed by atoms with van der Waals surface area (Å²) in [6.45, 7) is 14.8. The third-order valence-corrected chi connectivity index (χ3v) is 14.1. The molecule has 0 amide bonds. The lowest BCUT2D eigenvalue weighted by Gasteiger charge is -2.30. The van der Waals surface area contributed by atoms with Gasteiger partial charge < -0.3 is 24.4 Å². The van der Waals surface area contributed by atoms with Gasteiger partial charge in [-0.05, 0) is 198 Å². The minimum absolute atomic E-state index is 0.0211. The van der Waals surface area contributed by atoms with Crippen LogP contribution in [0.15, 0.2) is 72.8 Å². The van der Waals surface area contributed by atoms with E-state index in [2.05, 4.69) is 78.2 Å². The number of ether oxygens (including phenoxy) is 3. The Kier molecular flexibility index (Phi) is 19.0. The van der Waals surface area contributed by atoms with Gasteiger partial charge in [-0.3, -0.25) is 19.4 Å². The summed E-state index contributed by atoms with van der Waals surface area (Å²) >= 11 is 0. The van der Waals surface area contributed by atoms with Gasteiger partial charge in [0.2, 0.25) is 0 Å². The molecule has 0 atom stereocenters. The molecule has 0 aromatic heterocycles. The predicted molar refractivity (Wildman–Crippen MR) is 254 cm³/mol. The molecule has 2 N–H and O–H groups in total. The van der Waals surface area contributed by atoms with Crippen LogP contribution in [0, 0.1) is 23.7 Å². The quantitative estimate of drug-likeness (QED) is 0.135. The van der Waals surface area contributed by atoms with Gasteiger partial charge in [-0.25, -0.2) is 0 Å². The van der Waals surface area contributed by atoms with E-state index in [0.717, 1.165) is 106 Å². The molecule has 2 heterocycles. The molecular weight excluding hydrogens is 789 g/mol. The number of piperidine rings is 2. The highest BCUT2D eigenvalue weighted by molar-refractivity contribution is 5.85. The van der Waals surface area contributed by atoms with E-state index in [9.17, 15) is 14.7 Å². The van der Waals surface area contributed by atoms with Gasteiger partial charge in [0.05, 0.1) is 37.3 Å². The number of carbonyl (C=O) groups excluding carboxylic acids is 2. The fourth-order valence-corrected chi connectivity index (χ4v) is 9.92. The number of aromatic hydroxyl groups is 1. The largest absolute Gasteiger partial charge is 0.508 e. The second-order valence-electron chi connectivity index (χ2n) is 18.6. The fourth-order valence-electron chi connectivity index (χ4n) is 9.92. The van der Waals surface area contributed by atoms with Crippen molar-refractivity contribution in [1.82, 2.24) is 9.80 Å². The average molecular weight is 865 g/mol. The van der Waals surface area contributed by atoms with Crippen LogP contribution in [0.3, 0.4) is 0 Å². The Morgan fingerprint density at radius 1 is 0.540 bits per heavy atom. The molecule has 4 aromatic rings. The maximum absolute atomic E-state index is 11.9. The number of phenols is 1. The Hall–Kier alpha value is -4.18. The molecule has 4 aromatic carbocycles. The van der Waals surface area contributed by atoms with E-state index in [1.165, 1.54) is 73.3 Å². The number of carbonyl (C=O) groups is 2. The Labute approximate surface area is 377 Å². The lowest BCUT2D eigenvalue weighted by molar-refractivity contribution is -0.150. The maximum Gasteiger partial charge on any atom is 0.309 e. The molecule has 9 nitrogen and oxygen atoms in total. The first-order valence-electron chi connectivity index (χ1n) is 24.5. The summed E-state index contributed by atoms with van der Waals surface area (Å²) < 4.78 is 16.6. The van der Waals surface area contributed by atoms with Crippen LogP contribution in [-0.4, -0.2) is 83.6 Å². The van der Waals surface area contributed by atoms with E-state index in [-0.39, 0.29) is 29.9 Å². The number of aliphatic hydroxyl groups is 1. The second-order valence-corrected chi connectivity index (χ2v) is 18.6. The fraction of sp³-hybridized carbons (Fsp3) is 0.593. The zero-order valence-electron chi connectivity index (χ0n) is 38.8. The molecule has 2 saturated carbocycles. The van der Waals surface area contributed by atoms with Crippen molar-refractivity contribution in [2.45, 2.75) is 143 Å². The number of hydrogen-bond donors (Lipinski definition) is 2. The Bertz CT molecular complexity index is 2000. The van der Waals surface area contributed by atoms with Crippen molar-refractivity contribution in [1.29, 1.82) is 0 Å². The summed E-state index contributed by atoms with van der Waals surface area (Å²) in [5.41, 5.74) is 2.59. The third-order valence-electron chi connectivity index (χ3n) is 14.1. The first-order valence-corrected chi connectivity index (χ1v) is 24.5. The van der Waals surface area contributed by atoms with Crippen LogP contribution >= 0.6 is 0 Å². The van der Waals surface area contributed by atoms with Crippen molar-refractivity contribution in [3.63, 3.8) is 0 Å². The number of phenolic OH excluding ortho intramolecular Hbond substituents is 1. The summed E-state index contributed by atoms with van der Waals surface area (Å²) in [6, 6.07) is 25.0. The van der Waals surface area contributed by atoms with E-state index in [1.807, 2.05) is 19.9 Å². The molecular formula is C54H76N2O7. The highest BCUT2D eigenvalue weighted by Gasteiger charge is 2.27. The number of nitrogens with zero attached hydrogens (tertiary/aromatic N) is 2. The Morgan fingerprint density at radius 2 is 0.968 bits per heavy atom. The zero-order chi connectivity index (χ0) is 44.6. The first kappa shape index (κ1) is 48.3. The lowest BCUT2D eigenvalue weighted by atomic mass is 9.86. The molecule has 0 unspecified atom stereocenters.